The van der Waals surface area contributed by atoms with E-state index in [0.717, 1.165) is 12.8 Å². The molecular formula is C6H9NS. The number of rotatable bonds is 3. The Balaban J connectivity index is 2.94. The molecule has 1 nitrogen and oxygen atoms in total. The molecule has 0 aromatic rings. The summed E-state index contributed by atoms with van der Waals surface area (Å²) in [6.07, 6.45) is 10.4. The van der Waals surface area contributed by atoms with Gasteiger partial charge in [0.05, 0.1) is 0 Å². The highest BCUT2D eigenvalue weighted by atomic mass is 32.2. The van der Waals surface area contributed by atoms with E-state index in [4.69, 9.17) is 6.42 Å². The van der Waals surface area contributed by atoms with Crippen molar-refractivity contribution in [1.29, 1.82) is 0 Å². The van der Waals surface area contributed by atoms with E-state index in [1.807, 2.05) is 12.5 Å². The molecular weight excluding hydrogens is 118 g/mol. The molecule has 0 aromatic heterocycles. The summed E-state index contributed by atoms with van der Waals surface area (Å²) >= 11 is 1.45. The van der Waals surface area contributed by atoms with Crippen LogP contribution in [-0.4, -0.2) is 12.5 Å². The van der Waals surface area contributed by atoms with Gasteiger partial charge in [-0.25, -0.2) is 4.40 Å². The van der Waals surface area contributed by atoms with Crippen molar-refractivity contribution >= 4 is 18.2 Å². The van der Waals surface area contributed by atoms with E-state index in [1.54, 1.807) is 0 Å². The van der Waals surface area contributed by atoms with Crippen molar-refractivity contribution in [2.45, 2.75) is 12.8 Å². The van der Waals surface area contributed by atoms with Gasteiger partial charge in [-0.1, -0.05) is 0 Å². The fourth-order valence-electron chi connectivity index (χ4n) is 0.275. The number of unbranched alkanes of at least 4 members (excludes halogenated alkanes) is 1. The molecule has 0 N–H and O–H groups in total. The monoisotopic (exact) mass is 127 g/mol. The first-order valence-electron chi connectivity index (χ1n) is 2.40. The molecule has 0 fully saturated rings. The molecule has 2 heteroatoms. The predicted molar refractivity (Wildman–Crippen MR) is 40.1 cm³/mol. The minimum absolute atomic E-state index is 0.796. The Morgan fingerprint density at radius 1 is 1.88 bits per heavy atom. The molecule has 0 heterocycles. The van der Waals surface area contributed by atoms with Gasteiger partial charge in [-0.05, 0) is 18.4 Å². The molecule has 8 heavy (non-hydrogen) atoms. The van der Waals surface area contributed by atoms with E-state index in [-0.39, 0.29) is 0 Å². The Labute approximate surface area is 54.7 Å². The first-order chi connectivity index (χ1) is 3.91. The van der Waals surface area contributed by atoms with Crippen molar-refractivity contribution in [2.24, 2.45) is 4.40 Å². The van der Waals surface area contributed by atoms with Gasteiger partial charge in [-0.15, -0.1) is 12.3 Å². The van der Waals surface area contributed by atoms with Crippen LogP contribution in [0, 0.1) is 12.3 Å². The average Bonchev–Trinajstić information content (AvgIpc) is 1.81. The van der Waals surface area contributed by atoms with Crippen molar-refractivity contribution in [1.82, 2.24) is 0 Å². The molecule has 0 aliphatic carbocycles. The zero-order chi connectivity index (χ0) is 6.24. The third-order valence-electron chi connectivity index (χ3n) is 0.598. The lowest BCUT2D eigenvalue weighted by Gasteiger charge is -1.79. The van der Waals surface area contributed by atoms with Gasteiger partial charge >= 0.3 is 0 Å². The summed E-state index contributed by atoms with van der Waals surface area (Å²) in [7, 11) is 0. The highest BCUT2D eigenvalue weighted by Crippen LogP contribution is 1.91. The van der Waals surface area contributed by atoms with Gasteiger partial charge in [0.15, 0.2) is 0 Å². The summed E-state index contributed by atoms with van der Waals surface area (Å²) in [5.41, 5.74) is 0. The summed E-state index contributed by atoms with van der Waals surface area (Å²) in [6.45, 7) is 0. The lowest BCUT2D eigenvalue weighted by molar-refractivity contribution is 1.16. The predicted octanol–water partition coefficient (Wildman–Crippen LogP) is 1.75. The zero-order valence-corrected chi connectivity index (χ0v) is 5.74. The smallest absolute Gasteiger partial charge is 0.0136 e. The summed E-state index contributed by atoms with van der Waals surface area (Å²) < 4.78 is 3.91. The van der Waals surface area contributed by atoms with Crippen LogP contribution in [0.5, 0.6) is 0 Å². The van der Waals surface area contributed by atoms with Crippen LogP contribution in [0.25, 0.3) is 0 Å². The van der Waals surface area contributed by atoms with E-state index in [0.29, 0.717) is 0 Å². The maximum atomic E-state index is 4.99. The van der Waals surface area contributed by atoms with Crippen LogP contribution in [0.3, 0.4) is 0 Å². The highest BCUT2D eigenvalue weighted by molar-refractivity contribution is 7.97. The topological polar surface area (TPSA) is 12.4 Å². The quantitative estimate of drug-likeness (QED) is 0.243. The molecule has 0 saturated carbocycles. The van der Waals surface area contributed by atoms with Gasteiger partial charge in [0.1, 0.15) is 0 Å². The third kappa shape index (κ3) is 5.58. The second-order valence-corrected chi connectivity index (χ2v) is 1.79. The average molecular weight is 127 g/mol. The molecule has 0 aliphatic heterocycles. The van der Waals surface area contributed by atoms with Gasteiger partial charge in [-0.3, -0.25) is 0 Å². The van der Waals surface area contributed by atoms with Crippen LogP contribution in [0.4, 0.5) is 0 Å². The molecule has 44 valence electrons. The summed E-state index contributed by atoms with van der Waals surface area (Å²) in [5.74, 6) is 2.53. The molecule has 0 aromatic carbocycles. The van der Waals surface area contributed by atoms with Crippen LogP contribution in [0.15, 0.2) is 4.40 Å². The summed E-state index contributed by atoms with van der Waals surface area (Å²) in [6, 6.07) is 0. The van der Waals surface area contributed by atoms with Crippen LogP contribution >= 0.6 is 11.9 Å². The second-order valence-electron chi connectivity index (χ2n) is 1.21. The van der Waals surface area contributed by atoms with Gasteiger partial charge in [-0.2, -0.15) is 0 Å². The number of nitrogens with zero attached hydrogens (tertiary/aromatic N) is 1. The summed E-state index contributed by atoms with van der Waals surface area (Å²) in [5, 5.41) is 0. The molecule has 0 unspecified atom stereocenters. The Kier molecular flexibility index (Phi) is 6.23. The van der Waals surface area contributed by atoms with Crippen molar-refractivity contribution in [3.8, 4) is 12.3 Å². The third-order valence-corrected chi connectivity index (χ3v) is 0.958. The van der Waals surface area contributed by atoms with E-state index < -0.39 is 0 Å². The largest absolute Gasteiger partial charge is 0.229 e. The molecule has 0 bridgehead atoms. The van der Waals surface area contributed by atoms with Gasteiger partial charge in [0, 0.05) is 18.9 Å². The molecule has 0 rings (SSSR count). The first kappa shape index (κ1) is 7.58. The van der Waals surface area contributed by atoms with E-state index >= 15 is 0 Å². The molecule has 0 amide bonds. The van der Waals surface area contributed by atoms with Gasteiger partial charge in [0.2, 0.25) is 0 Å². The Bertz CT molecular complexity index is 102. The normalized spacial score (nSPS) is 9.50. The fourth-order valence-corrected chi connectivity index (χ4v) is 0.530. The fraction of sp³-hybridized carbons (Fsp3) is 0.500. The lowest BCUT2D eigenvalue weighted by atomic mass is 10.3. The molecule has 0 saturated heterocycles. The van der Waals surface area contributed by atoms with Crippen molar-refractivity contribution in [3.63, 3.8) is 0 Å². The molecule has 0 atom stereocenters. The number of terminal acetylenes is 1. The van der Waals surface area contributed by atoms with Crippen LogP contribution in [-0.2, 0) is 0 Å². The van der Waals surface area contributed by atoms with E-state index in [9.17, 15) is 0 Å². The second kappa shape index (κ2) is 6.58. The van der Waals surface area contributed by atoms with Crippen molar-refractivity contribution in [3.05, 3.63) is 0 Å². The van der Waals surface area contributed by atoms with Gasteiger partial charge < -0.3 is 0 Å². The van der Waals surface area contributed by atoms with Crippen LogP contribution < -0.4 is 0 Å². The van der Waals surface area contributed by atoms with Crippen LogP contribution in [0.1, 0.15) is 12.8 Å². The van der Waals surface area contributed by atoms with Crippen LogP contribution in [0.2, 0.25) is 0 Å². The van der Waals surface area contributed by atoms with Crippen molar-refractivity contribution < 1.29 is 0 Å². The Morgan fingerprint density at radius 2 is 2.62 bits per heavy atom. The Morgan fingerprint density at radius 3 is 3.12 bits per heavy atom. The maximum absolute atomic E-state index is 4.99. The molecule has 0 radical (unpaired) electrons. The minimum Gasteiger partial charge on any atom is -0.229 e. The van der Waals surface area contributed by atoms with E-state index in [2.05, 4.69) is 10.3 Å². The minimum atomic E-state index is 0.796. The summed E-state index contributed by atoms with van der Waals surface area (Å²) in [4.78, 5) is 0. The number of hydrogen-bond donors (Lipinski definition) is 0. The number of hydrogen-bond acceptors (Lipinski definition) is 2. The molecule has 0 aliphatic rings. The molecule has 0 spiro atoms. The zero-order valence-electron chi connectivity index (χ0n) is 4.92. The Hall–Kier alpha value is -0.420. The first-order valence-corrected chi connectivity index (χ1v) is 3.58. The standard InChI is InChI=1S/C6H9NS/c1-3-4-5-6-7-8-2/h1,6H,4-5H2,2H3. The van der Waals surface area contributed by atoms with E-state index in [1.165, 1.54) is 11.9 Å². The SMILES string of the molecule is C#CCCC=NSC. The van der Waals surface area contributed by atoms with Crippen molar-refractivity contribution in [2.75, 3.05) is 6.26 Å². The lowest BCUT2D eigenvalue weighted by Crippen LogP contribution is -1.69. The highest BCUT2D eigenvalue weighted by Gasteiger charge is 1.72. The van der Waals surface area contributed by atoms with Gasteiger partial charge in [0.25, 0.3) is 0 Å². The maximum Gasteiger partial charge on any atom is 0.0136 e.